The minimum absolute atomic E-state index is 0.209. The third kappa shape index (κ3) is 5.74. The van der Waals surface area contributed by atoms with E-state index in [1.807, 2.05) is 67.6 Å². The van der Waals surface area contributed by atoms with Crippen LogP contribution in [0.25, 0.3) is 6.08 Å². The predicted molar refractivity (Wildman–Crippen MR) is 161 cm³/mol. The van der Waals surface area contributed by atoms with E-state index in [1.165, 1.54) is 16.9 Å². The number of benzene rings is 3. The fourth-order valence-electron chi connectivity index (χ4n) is 4.69. The van der Waals surface area contributed by atoms with Crippen molar-refractivity contribution < 1.29 is 14.3 Å². The number of aryl methyl sites for hydroxylation is 2. The van der Waals surface area contributed by atoms with Crippen LogP contribution < -0.4 is 19.6 Å². The van der Waals surface area contributed by atoms with E-state index >= 15 is 0 Å². The largest absolute Gasteiger partial charge is 0.488 e. The number of thiazole rings is 1. The lowest BCUT2D eigenvalue weighted by Crippen LogP contribution is -2.39. The number of allylic oxidation sites excluding steroid dienone is 1. The molecule has 0 unspecified atom stereocenters. The molecule has 4 aromatic rings. The van der Waals surface area contributed by atoms with Gasteiger partial charge in [-0.05, 0) is 78.5 Å². The van der Waals surface area contributed by atoms with Gasteiger partial charge in [0.1, 0.15) is 12.4 Å². The Morgan fingerprint density at radius 1 is 1.05 bits per heavy atom. The predicted octanol–water partition coefficient (Wildman–Crippen LogP) is 5.76. The Balaban J connectivity index is 1.52. The van der Waals surface area contributed by atoms with Crippen LogP contribution in [0.3, 0.4) is 0 Å². The summed E-state index contributed by atoms with van der Waals surface area (Å²) in [6.07, 6.45) is 1.84. The lowest BCUT2D eigenvalue weighted by atomic mass is 9.95. The molecule has 0 bridgehead atoms. The zero-order chi connectivity index (χ0) is 28.4. The van der Waals surface area contributed by atoms with Crippen LogP contribution in [0.5, 0.6) is 5.75 Å². The maximum Gasteiger partial charge on any atom is 0.338 e. The molecule has 1 aromatic heterocycles. The third-order valence-corrected chi connectivity index (χ3v) is 8.24. The maximum atomic E-state index is 13.8. The highest BCUT2D eigenvalue weighted by molar-refractivity contribution is 9.10. The first-order valence-electron chi connectivity index (χ1n) is 13.0. The van der Waals surface area contributed by atoms with Crippen molar-refractivity contribution in [3.8, 4) is 5.75 Å². The Morgan fingerprint density at radius 3 is 2.52 bits per heavy atom. The summed E-state index contributed by atoms with van der Waals surface area (Å²) < 4.78 is 14.3. The SMILES string of the molecule is CCOC(=O)C1=C(C)N=c2s/c(=C/c3ccc(OCc4cccc(C)c4)c(Br)c3)c(=O)n2[C@H]1c1ccc(C)cc1. The van der Waals surface area contributed by atoms with Crippen LogP contribution in [0.15, 0.2) is 92.3 Å². The second-order valence-electron chi connectivity index (χ2n) is 9.68. The van der Waals surface area contributed by atoms with Crippen molar-refractivity contribution in [3.05, 3.63) is 130 Å². The normalized spacial score (nSPS) is 15.0. The first-order valence-corrected chi connectivity index (χ1v) is 14.6. The second-order valence-corrected chi connectivity index (χ2v) is 11.5. The fraction of sp³-hybridized carbons (Fsp3) is 0.219. The standard InChI is InChI=1S/C32H29BrN2O4S/c1-5-38-31(37)28-21(4)34-32-35(29(28)24-12-9-19(2)10-13-24)30(36)27(40-32)17-22-11-14-26(25(33)16-22)39-18-23-8-6-7-20(3)15-23/h6-17,29H,5,18H2,1-4H3/b27-17+/t29-/m0/s1. The summed E-state index contributed by atoms with van der Waals surface area (Å²) in [6.45, 7) is 8.30. The number of hydrogen-bond acceptors (Lipinski definition) is 6. The van der Waals surface area contributed by atoms with Gasteiger partial charge in [-0.1, -0.05) is 77.1 Å². The van der Waals surface area contributed by atoms with E-state index in [0.717, 1.165) is 26.7 Å². The van der Waals surface area contributed by atoms with Gasteiger partial charge in [0.2, 0.25) is 0 Å². The number of fused-ring (bicyclic) bond motifs is 1. The van der Waals surface area contributed by atoms with Gasteiger partial charge in [-0.25, -0.2) is 9.79 Å². The van der Waals surface area contributed by atoms with Gasteiger partial charge in [0.15, 0.2) is 4.80 Å². The molecule has 0 spiro atoms. The van der Waals surface area contributed by atoms with Gasteiger partial charge in [-0.3, -0.25) is 9.36 Å². The number of nitrogens with zero attached hydrogens (tertiary/aromatic N) is 2. The van der Waals surface area contributed by atoms with Gasteiger partial charge in [0, 0.05) is 0 Å². The monoisotopic (exact) mass is 616 g/mol. The first-order chi connectivity index (χ1) is 19.2. The molecule has 8 heteroatoms. The molecular formula is C32H29BrN2O4S. The molecule has 1 aliphatic rings. The highest BCUT2D eigenvalue weighted by Crippen LogP contribution is 2.31. The van der Waals surface area contributed by atoms with Gasteiger partial charge in [-0.2, -0.15) is 0 Å². The summed E-state index contributed by atoms with van der Waals surface area (Å²) >= 11 is 4.92. The van der Waals surface area contributed by atoms with Crippen molar-refractivity contribution >= 4 is 39.3 Å². The quantitative estimate of drug-likeness (QED) is 0.248. The molecule has 5 rings (SSSR count). The van der Waals surface area contributed by atoms with Crippen LogP contribution in [0.4, 0.5) is 0 Å². The Labute approximate surface area is 245 Å². The fourth-order valence-corrected chi connectivity index (χ4v) is 6.25. The van der Waals surface area contributed by atoms with Crippen molar-refractivity contribution in [3.63, 3.8) is 0 Å². The van der Waals surface area contributed by atoms with Crippen LogP contribution in [-0.2, 0) is 16.1 Å². The van der Waals surface area contributed by atoms with Gasteiger partial charge >= 0.3 is 5.97 Å². The lowest BCUT2D eigenvalue weighted by molar-refractivity contribution is -0.139. The number of carbonyl (C=O) groups excluding carboxylic acids is 1. The molecule has 0 N–H and O–H groups in total. The molecule has 2 heterocycles. The third-order valence-electron chi connectivity index (χ3n) is 6.64. The van der Waals surface area contributed by atoms with Crippen molar-refractivity contribution in [1.82, 2.24) is 4.57 Å². The molecule has 204 valence electrons. The number of carbonyl (C=O) groups is 1. The van der Waals surface area contributed by atoms with Gasteiger partial charge in [0.25, 0.3) is 5.56 Å². The molecule has 3 aromatic carbocycles. The van der Waals surface area contributed by atoms with Gasteiger partial charge in [0.05, 0.1) is 32.9 Å². The summed E-state index contributed by atoms with van der Waals surface area (Å²) in [7, 11) is 0. The molecule has 6 nitrogen and oxygen atoms in total. The second kappa shape index (κ2) is 11.8. The molecule has 1 atom stereocenters. The number of ether oxygens (including phenoxy) is 2. The number of aromatic nitrogens is 1. The van der Waals surface area contributed by atoms with Crippen LogP contribution in [0.2, 0.25) is 0 Å². The number of rotatable bonds is 7. The van der Waals surface area contributed by atoms with Crippen molar-refractivity contribution in [1.29, 1.82) is 0 Å². The number of halogens is 1. The highest BCUT2D eigenvalue weighted by Gasteiger charge is 2.33. The summed E-state index contributed by atoms with van der Waals surface area (Å²) in [5, 5.41) is 0. The molecule has 0 amide bonds. The average Bonchev–Trinajstić information content (AvgIpc) is 3.22. The molecular weight excluding hydrogens is 588 g/mol. The summed E-state index contributed by atoms with van der Waals surface area (Å²) in [6, 6.07) is 21.2. The van der Waals surface area contributed by atoms with Crippen molar-refractivity contribution in [2.45, 2.75) is 40.3 Å². The molecule has 0 saturated carbocycles. The summed E-state index contributed by atoms with van der Waals surface area (Å²) in [5.41, 5.74) is 5.76. The molecule has 0 radical (unpaired) electrons. The first kappa shape index (κ1) is 27.8. The van der Waals surface area contributed by atoms with Gasteiger partial charge in [-0.15, -0.1) is 0 Å². The highest BCUT2D eigenvalue weighted by atomic mass is 79.9. The molecule has 0 fully saturated rings. The minimum atomic E-state index is -0.623. The topological polar surface area (TPSA) is 69.9 Å². The Hall–Kier alpha value is -3.75. The molecule has 1 aliphatic heterocycles. The minimum Gasteiger partial charge on any atom is -0.488 e. The number of hydrogen-bond donors (Lipinski definition) is 0. The van der Waals surface area contributed by atoms with E-state index < -0.39 is 12.0 Å². The van der Waals surface area contributed by atoms with E-state index in [4.69, 9.17) is 9.47 Å². The average molecular weight is 618 g/mol. The Kier molecular flexibility index (Phi) is 8.19. The van der Waals surface area contributed by atoms with Crippen molar-refractivity contribution in [2.24, 2.45) is 4.99 Å². The van der Waals surface area contributed by atoms with Crippen LogP contribution in [-0.4, -0.2) is 17.1 Å². The van der Waals surface area contributed by atoms with Crippen LogP contribution >= 0.6 is 27.3 Å². The van der Waals surface area contributed by atoms with E-state index in [-0.39, 0.29) is 12.2 Å². The summed E-state index contributed by atoms with van der Waals surface area (Å²) in [4.78, 5) is 32.0. The Bertz CT molecular complexity index is 1800. The molecule has 40 heavy (non-hydrogen) atoms. The number of esters is 1. The molecule has 0 aliphatic carbocycles. The van der Waals surface area contributed by atoms with Crippen molar-refractivity contribution in [2.75, 3.05) is 6.61 Å². The van der Waals surface area contributed by atoms with E-state index in [1.54, 1.807) is 18.4 Å². The molecule has 0 saturated heterocycles. The smallest absolute Gasteiger partial charge is 0.338 e. The lowest BCUT2D eigenvalue weighted by Gasteiger charge is -2.24. The van der Waals surface area contributed by atoms with Crippen LogP contribution in [0, 0.1) is 13.8 Å². The zero-order valence-corrected chi connectivity index (χ0v) is 25.1. The zero-order valence-electron chi connectivity index (χ0n) is 22.7. The van der Waals surface area contributed by atoms with E-state index in [9.17, 15) is 9.59 Å². The van der Waals surface area contributed by atoms with Gasteiger partial charge < -0.3 is 9.47 Å². The van der Waals surface area contributed by atoms with E-state index in [0.29, 0.717) is 33.0 Å². The van der Waals surface area contributed by atoms with E-state index in [2.05, 4.69) is 40.0 Å². The van der Waals surface area contributed by atoms with Crippen LogP contribution in [0.1, 0.15) is 47.7 Å². The maximum absolute atomic E-state index is 13.8. The Morgan fingerprint density at radius 2 is 1.82 bits per heavy atom. The summed E-state index contributed by atoms with van der Waals surface area (Å²) in [5.74, 6) is 0.253.